The summed E-state index contributed by atoms with van der Waals surface area (Å²) in [4.78, 5) is 10.9. The number of carboxylic acid groups (broad SMARTS) is 1. The van der Waals surface area contributed by atoms with E-state index >= 15 is 0 Å². The molecule has 1 aromatic rings. The molecule has 1 aromatic carbocycles. The Bertz CT molecular complexity index is 351. The monoisotopic (exact) mass is 274 g/mol. The summed E-state index contributed by atoms with van der Waals surface area (Å²) in [7, 11) is 1.56. The number of benzene rings is 1. The van der Waals surface area contributed by atoms with Crippen LogP contribution in [-0.4, -0.2) is 31.4 Å². The molecule has 0 spiro atoms. The van der Waals surface area contributed by atoms with Gasteiger partial charge in [0.05, 0.1) is 6.61 Å². The average Bonchev–Trinajstić information content (AvgIpc) is 2.17. The molecule has 0 heterocycles. The third-order valence-electron chi connectivity index (χ3n) is 1.73. The van der Waals surface area contributed by atoms with E-state index in [9.17, 15) is 4.79 Å². The molecule has 0 saturated carbocycles. The van der Waals surface area contributed by atoms with Gasteiger partial charge in [0.25, 0.3) is 0 Å². The largest absolute Gasteiger partial charge is 0.490 e. The summed E-state index contributed by atoms with van der Waals surface area (Å²) < 4.78 is 10.6. The second-order valence-electron chi connectivity index (χ2n) is 2.76. The number of halogens is 1. The molecule has 0 aliphatic carbocycles. The molecule has 0 saturated heterocycles. The Kier molecular flexibility index (Phi) is 4.58. The number of rotatable bonds is 5. The molecule has 0 aliphatic heterocycles. The van der Waals surface area contributed by atoms with Gasteiger partial charge in [0, 0.05) is 11.6 Å². The van der Waals surface area contributed by atoms with E-state index in [-0.39, 0.29) is 5.56 Å². The maximum absolute atomic E-state index is 10.9. The Hall–Kier alpha value is -1.07. The second kappa shape index (κ2) is 5.72. The lowest BCUT2D eigenvalue weighted by Crippen LogP contribution is -2.08. The van der Waals surface area contributed by atoms with Gasteiger partial charge in [0.2, 0.25) is 0 Å². The molecule has 0 aliphatic rings. The molecule has 15 heavy (non-hydrogen) atoms. The summed E-state index contributed by atoms with van der Waals surface area (Å²) in [6.07, 6.45) is 0. The highest BCUT2D eigenvalue weighted by atomic mass is 79.9. The molecule has 0 atom stereocenters. The van der Waals surface area contributed by atoms with E-state index in [1.807, 2.05) is 0 Å². The van der Waals surface area contributed by atoms with Crippen molar-refractivity contribution < 1.29 is 19.4 Å². The number of aromatic carboxylic acids is 1. The highest BCUT2D eigenvalue weighted by Gasteiger charge is 2.14. The quantitative estimate of drug-likeness (QED) is 0.837. The topological polar surface area (TPSA) is 55.8 Å². The van der Waals surface area contributed by atoms with Gasteiger partial charge < -0.3 is 14.6 Å². The third kappa shape index (κ3) is 3.21. The van der Waals surface area contributed by atoms with Crippen molar-refractivity contribution in [1.29, 1.82) is 0 Å². The van der Waals surface area contributed by atoms with E-state index in [4.69, 9.17) is 14.6 Å². The van der Waals surface area contributed by atoms with Crippen LogP contribution >= 0.6 is 15.9 Å². The van der Waals surface area contributed by atoms with Crippen molar-refractivity contribution in [2.24, 2.45) is 0 Å². The first-order valence-electron chi connectivity index (χ1n) is 4.30. The van der Waals surface area contributed by atoms with Crippen LogP contribution in [0.15, 0.2) is 22.7 Å². The number of methoxy groups -OCH3 is 1. The first-order valence-corrected chi connectivity index (χ1v) is 5.09. The zero-order valence-electron chi connectivity index (χ0n) is 8.20. The van der Waals surface area contributed by atoms with E-state index < -0.39 is 5.97 Å². The Morgan fingerprint density at radius 1 is 1.47 bits per heavy atom. The Morgan fingerprint density at radius 2 is 2.20 bits per heavy atom. The van der Waals surface area contributed by atoms with Crippen LogP contribution in [-0.2, 0) is 4.74 Å². The molecule has 0 aromatic heterocycles. The maximum Gasteiger partial charge on any atom is 0.340 e. The van der Waals surface area contributed by atoms with E-state index in [0.717, 1.165) is 0 Å². The molecule has 1 rings (SSSR count). The van der Waals surface area contributed by atoms with Crippen LogP contribution in [0.5, 0.6) is 5.75 Å². The van der Waals surface area contributed by atoms with Crippen molar-refractivity contribution in [3.8, 4) is 5.75 Å². The molecule has 82 valence electrons. The highest BCUT2D eigenvalue weighted by molar-refractivity contribution is 9.10. The maximum atomic E-state index is 10.9. The van der Waals surface area contributed by atoms with E-state index in [2.05, 4.69) is 15.9 Å². The van der Waals surface area contributed by atoms with Crippen molar-refractivity contribution in [3.63, 3.8) is 0 Å². The van der Waals surface area contributed by atoms with Gasteiger partial charge in [0.15, 0.2) is 0 Å². The van der Waals surface area contributed by atoms with Crippen LogP contribution in [0, 0.1) is 0 Å². The SMILES string of the molecule is COCCOc1cccc(Br)c1C(=O)O. The van der Waals surface area contributed by atoms with Crippen LogP contribution in [0.4, 0.5) is 0 Å². The molecular weight excluding hydrogens is 264 g/mol. The minimum absolute atomic E-state index is 0.133. The van der Waals surface area contributed by atoms with Crippen molar-refractivity contribution in [2.75, 3.05) is 20.3 Å². The Morgan fingerprint density at radius 3 is 2.80 bits per heavy atom. The van der Waals surface area contributed by atoms with Gasteiger partial charge in [-0.05, 0) is 28.1 Å². The minimum atomic E-state index is -1.02. The van der Waals surface area contributed by atoms with Gasteiger partial charge in [0.1, 0.15) is 17.9 Å². The van der Waals surface area contributed by atoms with Crippen LogP contribution in [0.2, 0.25) is 0 Å². The lowest BCUT2D eigenvalue weighted by Gasteiger charge is -2.09. The van der Waals surface area contributed by atoms with Crippen LogP contribution in [0.1, 0.15) is 10.4 Å². The molecule has 0 amide bonds. The summed E-state index contributed by atoms with van der Waals surface area (Å²) in [5, 5.41) is 8.96. The van der Waals surface area contributed by atoms with E-state index in [1.54, 1.807) is 25.3 Å². The Labute approximate surface area is 95.9 Å². The fraction of sp³-hybridized carbons (Fsp3) is 0.300. The second-order valence-corrected chi connectivity index (χ2v) is 3.61. The summed E-state index contributed by atoms with van der Waals surface area (Å²) >= 11 is 3.16. The van der Waals surface area contributed by atoms with E-state index in [0.29, 0.717) is 23.4 Å². The van der Waals surface area contributed by atoms with Gasteiger partial charge in [-0.3, -0.25) is 0 Å². The zero-order valence-corrected chi connectivity index (χ0v) is 9.78. The number of hydrogen-bond donors (Lipinski definition) is 1. The molecular formula is C10H11BrO4. The van der Waals surface area contributed by atoms with E-state index in [1.165, 1.54) is 0 Å². The number of carboxylic acids is 1. The van der Waals surface area contributed by atoms with Crippen molar-refractivity contribution in [3.05, 3.63) is 28.2 Å². The first kappa shape index (κ1) is 12.0. The number of hydrogen-bond acceptors (Lipinski definition) is 3. The fourth-order valence-electron chi connectivity index (χ4n) is 1.07. The summed E-state index contributed by atoms with van der Waals surface area (Å²) in [6, 6.07) is 5.00. The normalized spacial score (nSPS) is 10.0. The molecule has 4 nitrogen and oxygen atoms in total. The molecule has 0 unspecified atom stereocenters. The van der Waals surface area contributed by atoms with Crippen molar-refractivity contribution in [2.45, 2.75) is 0 Å². The van der Waals surface area contributed by atoms with Gasteiger partial charge in [-0.25, -0.2) is 4.79 Å². The summed E-state index contributed by atoms with van der Waals surface area (Å²) in [5.41, 5.74) is 0.133. The smallest absolute Gasteiger partial charge is 0.340 e. The van der Waals surface area contributed by atoms with Gasteiger partial charge in [-0.2, -0.15) is 0 Å². The van der Waals surface area contributed by atoms with Gasteiger partial charge in [-0.15, -0.1) is 0 Å². The minimum Gasteiger partial charge on any atom is -0.490 e. The standard InChI is InChI=1S/C10H11BrO4/c1-14-5-6-15-8-4-2-3-7(11)9(8)10(12)13/h2-4H,5-6H2,1H3,(H,12,13). The summed E-state index contributed by atoms with van der Waals surface area (Å²) in [5.74, 6) is -0.677. The van der Waals surface area contributed by atoms with Gasteiger partial charge >= 0.3 is 5.97 Å². The molecule has 0 fully saturated rings. The Balaban J connectivity index is 2.86. The fourth-order valence-corrected chi connectivity index (χ4v) is 1.58. The highest BCUT2D eigenvalue weighted by Crippen LogP contribution is 2.26. The number of carbonyl (C=O) groups is 1. The lowest BCUT2D eigenvalue weighted by molar-refractivity contribution is 0.0688. The van der Waals surface area contributed by atoms with Gasteiger partial charge in [-0.1, -0.05) is 6.07 Å². The summed E-state index contributed by atoms with van der Waals surface area (Å²) in [6.45, 7) is 0.749. The van der Waals surface area contributed by atoms with Crippen LogP contribution in [0.3, 0.4) is 0 Å². The molecule has 5 heteroatoms. The predicted molar refractivity (Wildman–Crippen MR) is 58.5 cm³/mol. The zero-order chi connectivity index (χ0) is 11.3. The molecule has 0 bridgehead atoms. The lowest BCUT2D eigenvalue weighted by atomic mass is 10.2. The van der Waals surface area contributed by atoms with Crippen molar-refractivity contribution >= 4 is 21.9 Å². The molecule has 0 radical (unpaired) electrons. The number of ether oxygens (including phenoxy) is 2. The predicted octanol–water partition coefficient (Wildman–Crippen LogP) is 2.17. The van der Waals surface area contributed by atoms with Crippen LogP contribution < -0.4 is 4.74 Å². The third-order valence-corrected chi connectivity index (χ3v) is 2.40. The van der Waals surface area contributed by atoms with Crippen LogP contribution in [0.25, 0.3) is 0 Å². The van der Waals surface area contributed by atoms with Crippen molar-refractivity contribution in [1.82, 2.24) is 0 Å². The average molecular weight is 275 g/mol. The first-order chi connectivity index (χ1) is 7.16. The molecule has 1 N–H and O–H groups in total.